The van der Waals surface area contributed by atoms with E-state index in [1.807, 2.05) is 0 Å². The molecule has 1 unspecified atom stereocenters. The van der Waals surface area contributed by atoms with Gasteiger partial charge in [-0.1, -0.05) is 41.0 Å². The lowest BCUT2D eigenvalue weighted by Crippen LogP contribution is -2.57. The van der Waals surface area contributed by atoms with Crippen molar-refractivity contribution in [2.75, 3.05) is 0 Å². The third kappa shape index (κ3) is 2.69. The third-order valence-electron chi connectivity index (χ3n) is 13.0. The molecular formula is C29H48O2. The number of carbonyl (C=O) groups is 1. The van der Waals surface area contributed by atoms with E-state index in [1.165, 1.54) is 57.8 Å². The minimum atomic E-state index is -0.103. The summed E-state index contributed by atoms with van der Waals surface area (Å²) in [7, 11) is 0. The first-order valence-electron chi connectivity index (χ1n) is 13.6. The number of aliphatic hydroxyl groups is 1. The van der Waals surface area contributed by atoms with Gasteiger partial charge in [0, 0.05) is 6.42 Å². The van der Waals surface area contributed by atoms with Crippen LogP contribution in [0.25, 0.3) is 0 Å². The molecule has 2 heteroatoms. The van der Waals surface area contributed by atoms with Crippen molar-refractivity contribution in [3.05, 3.63) is 0 Å². The fourth-order valence-electron chi connectivity index (χ4n) is 11.2. The van der Waals surface area contributed by atoms with Crippen molar-refractivity contribution < 1.29 is 9.90 Å². The maximum Gasteiger partial charge on any atom is 0.129 e. The van der Waals surface area contributed by atoms with Crippen LogP contribution in [0.2, 0.25) is 0 Å². The third-order valence-corrected chi connectivity index (χ3v) is 13.0. The largest absolute Gasteiger partial charge is 0.393 e. The van der Waals surface area contributed by atoms with Gasteiger partial charge in [0.05, 0.1) is 6.10 Å². The predicted octanol–water partition coefficient (Wildman–Crippen LogP) is 7.18. The summed E-state index contributed by atoms with van der Waals surface area (Å²) < 4.78 is 0. The van der Waals surface area contributed by atoms with E-state index in [0.717, 1.165) is 42.9 Å². The fraction of sp³-hybridized carbons (Fsp3) is 0.966. The monoisotopic (exact) mass is 428 g/mol. The Bertz CT molecular complexity index is 756. The molecule has 2 spiro atoms. The molecule has 0 heterocycles. The van der Waals surface area contributed by atoms with Gasteiger partial charge in [0.2, 0.25) is 0 Å². The zero-order valence-electron chi connectivity index (χ0n) is 21.2. The quantitative estimate of drug-likeness (QED) is 0.503. The average molecular weight is 429 g/mol. The Morgan fingerprint density at radius 1 is 0.903 bits per heavy atom. The van der Waals surface area contributed by atoms with Gasteiger partial charge in [-0.2, -0.15) is 0 Å². The molecule has 0 aromatic rings. The molecule has 0 bridgehead atoms. The number of fused-ring (bicyclic) bond motifs is 2. The van der Waals surface area contributed by atoms with Crippen LogP contribution in [-0.2, 0) is 4.79 Å². The van der Waals surface area contributed by atoms with Crippen LogP contribution in [0.5, 0.6) is 0 Å². The van der Waals surface area contributed by atoms with Gasteiger partial charge in [0.15, 0.2) is 0 Å². The summed E-state index contributed by atoms with van der Waals surface area (Å²) in [4.78, 5) is 11.5. The number of carbonyl (C=O) groups excluding carboxylic acids is 1. The maximum atomic E-state index is 11.5. The van der Waals surface area contributed by atoms with E-state index < -0.39 is 0 Å². The molecule has 5 aliphatic rings. The lowest BCUT2D eigenvalue weighted by atomic mass is 9.41. The molecule has 0 saturated heterocycles. The van der Waals surface area contributed by atoms with Crippen LogP contribution in [0.4, 0.5) is 0 Å². The number of Topliss-reactive ketones (excluding diaryl/α,β-unsaturated/α-hetero) is 1. The summed E-state index contributed by atoms with van der Waals surface area (Å²) in [5.41, 5.74) is 2.19. The molecule has 9 atom stereocenters. The second-order valence-corrected chi connectivity index (χ2v) is 14.1. The van der Waals surface area contributed by atoms with Crippen LogP contribution in [0.15, 0.2) is 0 Å². The molecule has 0 aliphatic heterocycles. The molecule has 5 rings (SSSR count). The fourth-order valence-corrected chi connectivity index (χ4v) is 11.2. The van der Waals surface area contributed by atoms with E-state index in [9.17, 15) is 9.90 Å². The van der Waals surface area contributed by atoms with Crippen molar-refractivity contribution in [2.24, 2.45) is 50.7 Å². The number of aliphatic hydroxyl groups excluding tert-OH is 1. The number of hydrogen-bond donors (Lipinski definition) is 1. The van der Waals surface area contributed by atoms with Gasteiger partial charge in [-0.05, 0) is 122 Å². The highest BCUT2D eigenvalue weighted by molar-refractivity contribution is 5.75. The second-order valence-electron chi connectivity index (χ2n) is 14.1. The molecule has 0 amide bonds. The Morgan fingerprint density at radius 3 is 2.29 bits per heavy atom. The van der Waals surface area contributed by atoms with Crippen molar-refractivity contribution in [3.63, 3.8) is 0 Å². The summed E-state index contributed by atoms with van der Waals surface area (Å²) in [6, 6.07) is 0. The smallest absolute Gasteiger partial charge is 0.129 e. The Balaban J connectivity index is 1.39. The lowest BCUT2D eigenvalue weighted by molar-refractivity contribution is -0.161. The van der Waals surface area contributed by atoms with E-state index in [1.54, 1.807) is 6.92 Å². The summed E-state index contributed by atoms with van der Waals surface area (Å²) in [5, 5.41) is 10.8. The zero-order valence-corrected chi connectivity index (χ0v) is 21.2. The van der Waals surface area contributed by atoms with Crippen LogP contribution in [0, 0.1) is 50.7 Å². The van der Waals surface area contributed by atoms with Crippen LogP contribution < -0.4 is 0 Å². The van der Waals surface area contributed by atoms with Gasteiger partial charge in [0.25, 0.3) is 0 Å². The Kier molecular flexibility index (Phi) is 4.94. The summed E-state index contributed by atoms with van der Waals surface area (Å²) in [6.07, 6.45) is 15.2. The molecule has 2 nitrogen and oxygen atoms in total. The highest BCUT2D eigenvalue weighted by atomic mass is 16.3. The molecule has 0 aromatic heterocycles. The van der Waals surface area contributed by atoms with Crippen molar-refractivity contribution in [2.45, 2.75) is 125 Å². The molecule has 176 valence electrons. The summed E-state index contributed by atoms with van der Waals surface area (Å²) in [6.45, 7) is 14.4. The SMILES string of the molecule is CC(=O)CCC[C@@H](C)[C@H]1CC[C@@]2(C)[C@@H]3CCC4C(C)(C)[C@@H](O)CC[C@@]45C[C@@]35CC[C@]12C. The second kappa shape index (κ2) is 6.83. The maximum absolute atomic E-state index is 11.5. The van der Waals surface area contributed by atoms with E-state index in [4.69, 9.17) is 0 Å². The van der Waals surface area contributed by atoms with Crippen LogP contribution in [0.3, 0.4) is 0 Å². The first kappa shape index (κ1) is 22.4. The van der Waals surface area contributed by atoms with E-state index in [2.05, 4.69) is 34.6 Å². The lowest BCUT2D eigenvalue weighted by Gasteiger charge is -2.63. The zero-order chi connectivity index (χ0) is 22.4. The first-order valence-corrected chi connectivity index (χ1v) is 13.6. The Labute approximate surface area is 191 Å². The Morgan fingerprint density at radius 2 is 1.58 bits per heavy atom. The van der Waals surface area contributed by atoms with Gasteiger partial charge in [-0.15, -0.1) is 0 Å². The molecule has 0 aromatic carbocycles. The minimum absolute atomic E-state index is 0.0951. The predicted molar refractivity (Wildman–Crippen MR) is 127 cm³/mol. The van der Waals surface area contributed by atoms with Gasteiger partial charge in [0.1, 0.15) is 5.78 Å². The van der Waals surface area contributed by atoms with Crippen molar-refractivity contribution in [1.29, 1.82) is 0 Å². The molecule has 5 aliphatic carbocycles. The number of ketones is 1. The molecule has 0 radical (unpaired) electrons. The van der Waals surface area contributed by atoms with E-state index in [0.29, 0.717) is 27.4 Å². The molecular weight excluding hydrogens is 380 g/mol. The first-order chi connectivity index (χ1) is 14.4. The summed E-state index contributed by atoms with van der Waals surface area (Å²) >= 11 is 0. The van der Waals surface area contributed by atoms with Crippen LogP contribution in [0.1, 0.15) is 119 Å². The van der Waals surface area contributed by atoms with Crippen LogP contribution >= 0.6 is 0 Å². The van der Waals surface area contributed by atoms with Crippen molar-refractivity contribution in [1.82, 2.24) is 0 Å². The topological polar surface area (TPSA) is 37.3 Å². The van der Waals surface area contributed by atoms with Crippen molar-refractivity contribution >= 4 is 5.78 Å². The highest BCUT2D eigenvalue weighted by Crippen LogP contribution is 2.89. The minimum Gasteiger partial charge on any atom is -0.393 e. The normalized spacial score (nSPS) is 53.0. The number of rotatable bonds is 5. The Hall–Kier alpha value is -0.370. The van der Waals surface area contributed by atoms with E-state index >= 15 is 0 Å². The number of hydrogen-bond acceptors (Lipinski definition) is 2. The molecule has 5 fully saturated rings. The standard InChI is InChI=1S/C29H48O2/c1-19(8-7-9-20(2)30)21-12-14-27(6)23-11-10-22-25(3,4)24(31)13-15-28(22)18-29(23,28)17-16-26(21,27)5/h19,21-24,31H,7-18H2,1-6H3/t19-,21-,22?,23+,24+,26-,27+,28-,29+/m1/s1. The highest BCUT2D eigenvalue weighted by Gasteiger charge is 2.82. The van der Waals surface area contributed by atoms with Gasteiger partial charge < -0.3 is 9.90 Å². The van der Waals surface area contributed by atoms with Gasteiger partial charge in [-0.25, -0.2) is 0 Å². The van der Waals surface area contributed by atoms with Crippen molar-refractivity contribution in [3.8, 4) is 0 Å². The summed E-state index contributed by atoms with van der Waals surface area (Å²) in [5.74, 6) is 3.56. The van der Waals surface area contributed by atoms with Crippen LogP contribution in [-0.4, -0.2) is 17.0 Å². The molecule has 1 N–H and O–H groups in total. The van der Waals surface area contributed by atoms with Gasteiger partial charge >= 0.3 is 0 Å². The van der Waals surface area contributed by atoms with E-state index in [-0.39, 0.29) is 11.5 Å². The molecule has 5 saturated carbocycles. The molecule has 31 heavy (non-hydrogen) atoms. The van der Waals surface area contributed by atoms with Gasteiger partial charge in [-0.3, -0.25) is 0 Å². The average Bonchev–Trinajstić information content (AvgIpc) is 3.27.